The molecule has 10 nitrogen and oxygen atoms in total. The second-order valence-electron chi connectivity index (χ2n) is 10.8. The predicted octanol–water partition coefficient (Wildman–Crippen LogP) is 3.38. The largest absolute Gasteiger partial charge is 0.481 e. The molecule has 192 valence electrons. The van der Waals surface area contributed by atoms with E-state index < -0.39 is 5.54 Å². The van der Waals surface area contributed by atoms with Crippen LogP contribution in [-0.2, 0) is 17.5 Å². The number of carbonyl (C=O) groups is 2. The SMILES string of the molecule is COc1cc(C(=O)N2Cc3cn[nH]c3C(C)(C)C2)cc(N2CCC3(CC2)NC(=O)Nc2ccccc23)n1. The first kappa shape index (κ1) is 23.3. The number of hydrogen-bond acceptors (Lipinski definition) is 6. The van der Waals surface area contributed by atoms with Gasteiger partial charge in [0.1, 0.15) is 5.82 Å². The monoisotopic (exact) mass is 501 g/mol. The fourth-order valence-electron chi connectivity index (χ4n) is 6.00. The molecule has 1 spiro atoms. The number of nitrogens with one attached hydrogen (secondary N) is 3. The van der Waals surface area contributed by atoms with Gasteiger partial charge in [0.05, 0.1) is 18.8 Å². The first-order valence-electron chi connectivity index (χ1n) is 12.6. The van der Waals surface area contributed by atoms with E-state index in [0.717, 1.165) is 35.3 Å². The summed E-state index contributed by atoms with van der Waals surface area (Å²) in [5.41, 5.74) is 3.98. The molecule has 3 N–H and O–H groups in total. The normalized spacial score (nSPS) is 19.5. The second kappa shape index (κ2) is 8.50. The van der Waals surface area contributed by atoms with Gasteiger partial charge in [0.2, 0.25) is 5.88 Å². The van der Waals surface area contributed by atoms with Crippen LogP contribution in [0.3, 0.4) is 0 Å². The van der Waals surface area contributed by atoms with Crippen LogP contribution in [-0.4, -0.2) is 58.8 Å². The van der Waals surface area contributed by atoms with Crippen LogP contribution in [0.15, 0.2) is 42.6 Å². The molecule has 0 aliphatic carbocycles. The van der Waals surface area contributed by atoms with Gasteiger partial charge >= 0.3 is 6.03 Å². The second-order valence-corrected chi connectivity index (χ2v) is 10.8. The number of carbonyl (C=O) groups excluding carboxylic acids is 2. The number of piperidine rings is 1. The number of fused-ring (bicyclic) bond motifs is 3. The quantitative estimate of drug-likeness (QED) is 0.507. The van der Waals surface area contributed by atoms with Gasteiger partial charge in [-0.05, 0) is 25.0 Å². The van der Waals surface area contributed by atoms with Gasteiger partial charge < -0.3 is 25.2 Å². The highest BCUT2D eigenvalue weighted by Crippen LogP contribution is 2.40. The van der Waals surface area contributed by atoms with Crippen molar-refractivity contribution >= 4 is 23.4 Å². The average Bonchev–Trinajstić information content (AvgIpc) is 3.38. The molecule has 3 aliphatic heterocycles. The molecule has 3 aliphatic rings. The van der Waals surface area contributed by atoms with E-state index in [1.807, 2.05) is 29.2 Å². The van der Waals surface area contributed by atoms with E-state index in [1.54, 1.807) is 19.4 Å². The van der Waals surface area contributed by atoms with Crippen LogP contribution in [0.4, 0.5) is 16.3 Å². The number of para-hydroxylation sites is 1. The van der Waals surface area contributed by atoms with Crippen molar-refractivity contribution in [3.63, 3.8) is 0 Å². The molecule has 0 bridgehead atoms. The summed E-state index contributed by atoms with van der Waals surface area (Å²) in [6, 6.07) is 11.3. The lowest BCUT2D eigenvalue weighted by Gasteiger charge is -2.46. The van der Waals surface area contributed by atoms with Gasteiger partial charge in [0.25, 0.3) is 5.91 Å². The topological polar surface area (TPSA) is 115 Å². The Bertz CT molecular complexity index is 1370. The van der Waals surface area contributed by atoms with E-state index in [1.165, 1.54) is 0 Å². The molecule has 2 aromatic heterocycles. The van der Waals surface area contributed by atoms with E-state index in [-0.39, 0.29) is 17.4 Å². The number of anilines is 2. The van der Waals surface area contributed by atoms with Crippen molar-refractivity contribution < 1.29 is 14.3 Å². The summed E-state index contributed by atoms with van der Waals surface area (Å²) in [7, 11) is 1.56. The first-order chi connectivity index (χ1) is 17.8. The summed E-state index contributed by atoms with van der Waals surface area (Å²) in [4.78, 5) is 34.8. The van der Waals surface area contributed by atoms with E-state index in [4.69, 9.17) is 4.74 Å². The van der Waals surface area contributed by atoms with Gasteiger partial charge in [-0.25, -0.2) is 4.79 Å². The third-order valence-corrected chi connectivity index (χ3v) is 7.86. The van der Waals surface area contributed by atoms with Crippen LogP contribution in [0.25, 0.3) is 0 Å². The van der Waals surface area contributed by atoms with Crippen molar-refractivity contribution in [2.24, 2.45) is 0 Å². The Hall–Kier alpha value is -4.08. The number of amides is 3. The zero-order valence-electron chi connectivity index (χ0n) is 21.3. The lowest BCUT2D eigenvalue weighted by atomic mass is 9.79. The Morgan fingerprint density at radius 2 is 1.92 bits per heavy atom. The highest BCUT2D eigenvalue weighted by molar-refractivity contribution is 5.96. The van der Waals surface area contributed by atoms with E-state index >= 15 is 0 Å². The molecular formula is C27H31N7O3. The maximum atomic E-state index is 13.7. The van der Waals surface area contributed by atoms with Gasteiger partial charge in [-0.1, -0.05) is 32.0 Å². The standard InChI is InChI=1S/C27H31N7O3/c1-26(2)16-34(15-18-14-28-32-23(18)26)24(35)17-12-21(30-22(13-17)37-3)33-10-8-27(9-11-33)19-6-4-5-7-20(19)29-25(36)31-27/h4-7,12-14H,8-11,15-16H2,1-3H3,(H,28,32)(H2,29,31,36). The summed E-state index contributed by atoms with van der Waals surface area (Å²) in [6.45, 7) is 6.68. The number of urea groups is 1. The summed E-state index contributed by atoms with van der Waals surface area (Å²) in [6.07, 6.45) is 3.25. The fourth-order valence-corrected chi connectivity index (χ4v) is 6.00. The number of pyridine rings is 1. The molecule has 0 atom stereocenters. The van der Waals surface area contributed by atoms with Crippen LogP contribution < -0.4 is 20.3 Å². The van der Waals surface area contributed by atoms with Crippen molar-refractivity contribution in [3.8, 4) is 5.88 Å². The first-order valence-corrected chi connectivity index (χ1v) is 12.6. The highest BCUT2D eigenvalue weighted by atomic mass is 16.5. The summed E-state index contributed by atoms with van der Waals surface area (Å²) >= 11 is 0. The minimum atomic E-state index is -0.422. The zero-order chi connectivity index (χ0) is 25.8. The molecule has 10 heteroatoms. The Morgan fingerprint density at radius 3 is 2.70 bits per heavy atom. The van der Waals surface area contributed by atoms with Gasteiger partial charge in [-0.3, -0.25) is 9.89 Å². The molecule has 0 saturated carbocycles. The van der Waals surface area contributed by atoms with Crippen LogP contribution in [0.5, 0.6) is 5.88 Å². The van der Waals surface area contributed by atoms with Crippen molar-refractivity contribution in [3.05, 3.63) is 65.0 Å². The van der Waals surface area contributed by atoms with Crippen molar-refractivity contribution in [1.82, 2.24) is 25.4 Å². The Morgan fingerprint density at radius 1 is 1.14 bits per heavy atom. The maximum Gasteiger partial charge on any atom is 0.319 e. The van der Waals surface area contributed by atoms with Crippen LogP contribution >= 0.6 is 0 Å². The molecule has 3 aromatic rings. The molecule has 0 unspecified atom stereocenters. The number of aromatic nitrogens is 3. The average molecular weight is 502 g/mol. The molecule has 5 heterocycles. The molecule has 37 heavy (non-hydrogen) atoms. The molecule has 1 fully saturated rings. The summed E-state index contributed by atoms with van der Waals surface area (Å²) < 4.78 is 5.49. The molecule has 6 rings (SSSR count). The van der Waals surface area contributed by atoms with Gasteiger partial charge in [0, 0.05) is 65.7 Å². The molecule has 1 saturated heterocycles. The molecular weight excluding hydrogens is 470 g/mol. The highest BCUT2D eigenvalue weighted by Gasteiger charge is 2.42. The minimum absolute atomic E-state index is 0.0603. The third kappa shape index (κ3) is 3.96. The van der Waals surface area contributed by atoms with Crippen molar-refractivity contribution in [2.75, 3.05) is 37.0 Å². The number of hydrogen-bond donors (Lipinski definition) is 3. The number of H-pyrrole nitrogens is 1. The Labute approximate surface area is 215 Å². The van der Waals surface area contributed by atoms with E-state index in [0.29, 0.717) is 43.4 Å². The fraction of sp³-hybridized carbons (Fsp3) is 0.407. The number of methoxy groups -OCH3 is 1. The van der Waals surface area contributed by atoms with Crippen molar-refractivity contribution in [1.29, 1.82) is 0 Å². The van der Waals surface area contributed by atoms with Gasteiger partial charge in [-0.15, -0.1) is 0 Å². The van der Waals surface area contributed by atoms with Crippen LogP contribution in [0.1, 0.15) is 53.9 Å². The van der Waals surface area contributed by atoms with Gasteiger partial charge in [-0.2, -0.15) is 10.1 Å². The lowest BCUT2D eigenvalue weighted by molar-refractivity contribution is 0.0684. The van der Waals surface area contributed by atoms with Gasteiger partial charge in [0.15, 0.2) is 0 Å². The van der Waals surface area contributed by atoms with E-state index in [9.17, 15) is 9.59 Å². The molecule has 1 aromatic carbocycles. The molecule has 0 radical (unpaired) electrons. The summed E-state index contributed by atoms with van der Waals surface area (Å²) in [5.74, 6) is 1.04. The number of benzene rings is 1. The predicted molar refractivity (Wildman–Crippen MR) is 139 cm³/mol. The smallest absolute Gasteiger partial charge is 0.319 e. The Balaban J connectivity index is 1.25. The number of rotatable bonds is 3. The summed E-state index contributed by atoms with van der Waals surface area (Å²) in [5, 5.41) is 13.4. The number of aromatic amines is 1. The Kier molecular flexibility index (Phi) is 5.36. The van der Waals surface area contributed by atoms with E-state index in [2.05, 4.69) is 50.6 Å². The van der Waals surface area contributed by atoms with Crippen LogP contribution in [0.2, 0.25) is 0 Å². The lowest BCUT2D eigenvalue weighted by Crippen LogP contribution is -2.57. The maximum absolute atomic E-state index is 13.7. The zero-order valence-corrected chi connectivity index (χ0v) is 21.3. The molecule has 3 amide bonds. The number of ether oxygens (including phenoxy) is 1. The van der Waals surface area contributed by atoms with Crippen molar-refractivity contribution in [2.45, 2.75) is 44.2 Å². The third-order valence-electron chi connectivity index (χ3n) is 7.86. The van der Waals surface area contributed by atoms with Crippen LogP contribution in [0, 0.1) is 0 Å². The number of nitrogens with zero attached hydrogens (tertiary/aromatic N) is 4. The minimum Gasteiger partial charge on any atom is -0.481 e.